The highest BCUT2D eigenvalue weighted by atomic mass is 79.9. The zero-order chi connectivity index (χ0) is 17.1. The van der Waals surface area contributed by atoms with Crippen molar-refractivity contribution in [3.05, 3.63) is 70.1 Å². The highest BCUT2D eigenvalue weighted by Crippen LogP contribution is 2.23. The van der Waals surface area contributed by atoms with Crippen molar-refractivity contribution in [3.8, 4) is 0 Å². The Morgan fingerprint density at radius 1 is 0.917 bits per heavy atom. The maximum atomic E-state index is 13.3. The van der Waals surface area contributed by atoms with Crippen molar-refractivity contribution in [1.29, 1.82) is 0 Å². The summed E-state index contributed by atoms with van der Waals surface area (Å²) in [6.07, 6.45) is 0. The summed E-state index contributed by atoms with van der Waals surface area (Å²) in [7, 11) is 0. The van der Waals surface area contributed by atoms with E-state index in [0.717, 1.165) is 21.4 Å². The lowest BCUT2D eigenvalue weighted by atomic mass is 10.2. The van der Waals surface area contributed by atoms with Gasteiger partial charge < -0.3 is 10.6 Å². The van der Waals surface area contributed by atoms with Crippen molar-refractivity contribution in [2.24, 2.45) is 0 Å². The van der Waals surface area contributed by atoms with E-state index in [-0.39, 0.29) is 5.82 Å². The molecule has 0 atom stereocenters. The van der Waals surface area contributed by atoms with Gasteiger partial charge in [0.05, 0.1) is 0 Å². The summed E-state index contributed by atoms with van der Waals surface area (Å²) in [5.41, 5.74) is 3.47. The van der Waals surface area contributed by atoms with Gasteiger partial charge in [0, 0.05) is 27.6 Å². The van der Waals surface area contributed by atoms with Crippen LogP contribution in [0.3, 0.4) is 0 Å². The SMILES string of the molecule is Cc1cc(Nc2ccc(Br)c(C)c2)nc(Nc2cccc(F)c2)n1. The maximum Gasteiger partial charge on any atom is 0.229 e. The van der Waals surface area contributed by atoms with Gasteiger partial charge in [0.2, 0.25) is 5.95 Å². The minimum Gasteiger partial charge on any atom is -0.340 e. The van der Waals surface area contributed by atoms with Gasteiger partial charge in [-0.1, -0.05) is 22.0 Å². The molecule has 0 fully saturated rings. The molecule has 1 heterocycles. The van der Waals surface area contributed by atoms with Gasteiger partial charge in [-0.15, -0.1) is 0 Å². The molecule has 0 amide bonds. The molecule has 0 saturated heterocycles. The van der Waals surface area contributed by atoms with Gasteiger partial charge in [0.15, 0.2) is 0 Å². The Labute approximate surface area is 148 Å². The third kappa shape index (κ3) is 4.08. The van der Waals surface area contributed by atoms with Crippen molar-refractivity contribution in [1.82, 2.24) is 9.97 Å². The zero-order valence-electron chi connectivity index (χ0n) is 13.3. The molecule has 4 nitrogen and oxygen atoms in total. The first kappa shape index (κ1) is 16.4. The molecule has 3 rings (SSSR count). The number of nitrogens with zero attached hydrogens (tertiary/aromatic N) is 2. The van der Waals surface area contributed by atoms with Crippen LogP contribution in [0, 0.1) is 19.7 Å². The van der Waals surface area contributed by atoms with E-state index in [4.69, 9.17) is 0 Å². The molecule has 0 aliphatic carbocycles. The van der Waals surface area contributed by atoms with Crippen molar-refractivity contribution >= 4 is 39.1 Å². The normalized spacial score (nSPS) is 10.5. The second kappa shape index (κ2) is 6.97. The average Bonchev–Trinajstić information content (AvgIpc) is 2.50. The molecule has 6 heteroatoms. The topological polar surface area (TPSA) is 49.8 Å². The van der Waals surface area contributed by atoms with Crippen molar-refractivity contribution in [2.45, 2.75) is 13.8 Å². The van der Waals surface area contributed by atoms with Crippen molar-refractivity contribution < 1.29 is 4.39 Å². The smallest absolute Gasteiger partial charge is 0.229 e. The van der Waals surface area contributed by atoms with E-state index in [1.54, 1.807) is 12.1 Å². The molecule has 1 aromatic heterocycles. The van der Waals surface area contributed by atoms with Gasteiger partial charge in [-0.3, -0.25) is 0 Å². The third-order valence-corrected chi connectivity index (χ3v) is 4.26. The Morgan fingerprint density at radius 2 is 1.71 bits per heavy atom. The molecule has 122 valence electrons. The van der Waals surface area contributed by atoms with Gasteiger partial charge in [-0.25, -0.2) is 9.37 Å². The van der Waals surface area contributed by atoms with E-state index < -0.39 is 0 Å². The molecule has 0 saturated carbocycles. The van der Waals surface area contributed by atoms with Crippen LogP contribution in [0.25, 0.3) is 0 Å². The quantitative estimate of drug-likeness (QED) is 0.622. The van der Waals surface area contributed by atoms with Crippen molar-refractivity contribution in [3.63, 3.8) is 0 Å². The monoisotopic (exact) mass is 386 g/mol. The molecule has 0 spiro atoms. The Bertz CT molecular complexity index is 883. The second-order valence-corrected chi connectivity index (χ2v) is 6.30. The summed E-state index contributed by atoms with van der Waals surface area (Å²) in [6, 6.07) is 14.0. The largest absolute Gasteiger partial charge is 0.340 e. The van der Waals surface area contributed by atoms with Crippen LogP contribution in [-0.4, -0.2) is 9.97 Å². The number of nitrogens with one attached hydrogen (secondary N) is 2. The van der Waals surface area contributed by atoms with Gasteiger partial charge in [0.1, 0.15) is 11.6 Å². The highest BCUT2D eigenvalue weighted by Gasteiger charge is 2.05. The Morgan fingerprint density at radius 3 is 2.46 bits per heavy atom. The zero-order valence-corrected chi connectivity index (χ0v) is 14.9. The standard InChI is InChI=1S/C18H16BrFN4/c1-11-8-15(6-7-16(11)19)22-17-9-12(2)21-18(24-17)23-14-5-3-4-13(20)10-14/h3-10H,1-2H3,(H2,21,22,23,24). The Balaban J connectivity index is 1.84. The second-order valence-electron chi connectivity index (χ2n) is 5.44. The first-order valence-electron chi connectivity index (χ1n) is 7.41. The highest BCUT2D eigenvalue weighted by molar-refractivity contribution is 9.10. The van der Waals surface area contributed by atoms with Crippen LogP contribution in [0.15, 0.2) is 53.0 Å². The molecule has 0 bridgehead atoms. The average molecular weight is 387 g/mol. The summed E-state index contributed by atoms with van der Waals surface area (Å²) in [6.45, 7) is 3.91. The van der Waals surface area contributed by atoms with Gasteiger partial charge >= 0.3 is 0 Å². The number of anilines is 4. The van der Waals surface area contributed by atoms with E-state index in [0.29, 0.717) is 17.5 Å². The van der Waals surface area contributed by atoms with E-state index in [1.807, 2.05) is 38.1 Å². The summed E-state index contributed by atoms with van der Waals surface area (Å²) in [5, 5.41) is 6.29. The molecule has 0 aliphatic heterocycles. The maximum absolute atomic E-state index is 13.3. The fourth-order valence-corrected chi connectivity index (χ4v) is 2.50. The number of hydrogen-bond acceptors (Lipinski definition) is 4. The molecular weight excluding hydrogens is 371 g/mol. The summed E-state index contributed by atoms with van der Waals surface area (Å²) < 4.78 is 14.3. The molecule has 0 unspecified atom stereocenters. The number of aryl methyl sites for hydroxylation is 2. The van der Waals surface area contributed by atoms with Crippen LogP contribution in [0.5, 0.6) is 0 Å². The number of benzene rings is 2. The number of halogens is 2. The van der Waals surface area contributed by atoms with E-state index in [9.17, 15) is 4.39 Å². The lowest BCUT2D eigenvalue weighted by Gasteiger charge is -2.11. The Hall–Kier alpha value is -2.47. The number of hydrogen-bond donors (Lipinski definition) is 2. The van der Waals surface area contributed by atoms with Gasteiger partial charge in [0.25, 0.3) is 0 Å². The molecule has 0 radical (unpaired) electrons. The van der Waals surface area contributed by atoms with E-state index in [2.05, 4.69) is 36.5 Å². The third-order valence-electron chi connectivity index (χ3n) is 3.37. The lowest BCUT2D eigenvalue weighted by molar-refractivity contribution is 0.628. The minimum atomic E-state index is -0.309. The fraction of sp³-hybridized carbons (Fsp3) is 0.111. The Kier molecular flexibility index (Phi) is 4.76. The fourth-order valence-electron chi connectivity index (χ4n) is 2.25. The van der Waals surface area contributed by atoms with E-state index in [1.165, 1.54) is 12.1 Å². The molecular formula is C18H16BrFN4. The number of rotatable bonds is 4. The van der Waals surface area contributed by atoms with Crippen LogP contribution < -0.4 is 10.6 Å². The van der Waals surface area contributed by atoms with Crippen molar-refractivity contribution in [2.75, 3.05) is 10.6 Å². The van der Waals surface area contributed by atoms with Crippen LogP contribution in [-0.2, 0) is 0 Å². The van der Waals surface area contributed by atoms with Crippen LogP contribution >= 0.6 is 15.9 Å². The first-order valence-corrected chi connectivity index (χ1v) is 8.20. The molecule has 3 aromatic rings. The summed E-state index contributed by atoms with van der Waals surface area (Å²) in [4.78, 5) is 8.78. The minimum absolute atomic E-state index is 0.309. The van der Waals surface area contributed by atoms with Crippen LogP contribution in [0.1, 0.15) is 11.3 Å². The number of aromatic nitrogens is 2. The van der Waals surface area contributed by atoms with Crippen LogP contribution in [0.4, 0.5) is 27.5 Å². The summed E-state index contributed by atoms with van der Waals surface area (Å²) in [5.74, 6) is 0.774. The first-order chi connectivity index (χ1) is 11.5. The molecule has 0 aliphatic rings. The molecule has 2 N–H and O–H groups in total. The predicted octanol–water partition coefficient (Wildman–Crippen LogP) is 5.48. The van der Waals surface area contributed by atoms with Crippen LogP contribution in [0.2, 0.25) is 0 Å². The van der Waals surface area contributed by atoms with Gasteiger partial charge in [-0.2, -0.15) is 4.98 Å². The predicted molar refractivity (Wildman–Crippen MR) is 98.6 cm³/mol. The molecule has 24 heavy (non-hydrogen) atoms. The summed E-state index contributed by atoms with van der Waals surface area (Å²) >= 11 is 3.49. The lowest BCUT2D eigenvalue weighted by Crippen LogP contribution is -2.02. The molecule has 2 aromatic carbocycles. The van der Waals surface area contributed by atoms with Gasteiger partial charge in [-0.05, 0) is 55.8 Å². The van der Waals surface area contributed by atoms with E-state index >= 15 is 0 Å².